The fourth-order valence-corrected chi connectivity index (χ4v) is 2.00. The summed E-state index contributed by atoms with van der Waals surface area (Å²) in [5.74, 6) is 0.113. The number of benzene rings is 1. The van der Waals surface area contributed by atoms with Gasteiger partial charge in [0.2, 0.25) is 5.91 Å². The predicted octanol–water partition coefficient (Wildman–Crippen LogP) is 2.75. The quantitative estimate of drug-likeness (QED) is 0.828. The van der Waals surface area contributed by atoms with Gasteiger partial charge in [0.15, 0.2) is 0 Å². The molecule has 0 aliphatic heterocycles. The fourth-order valence-electron chi connectivity index (χ4n) is 1.64. The Labute approximate surface area is 106 Å². The number of carbonyl (C=O) groups is 1. The Balaban J connectivity index is 2.40. The average molecular weight is 284 g/mol. The van der Waals surface area contributed by atoms with Crippen molar-refractivity contribution in [2.75, 3.05) is 11.9 Å². The summed E-state index contributed by atoms with van der Waals surface area (Å²) in [6, 6.07) is 6.43. The van der Waals surface area contributed by atoms with E-state index in [1.807, 2.05) is 0 Å². The van der Waals surface area contributed by atoms with Crippen molar-refractivity contribution < 1.29 is 4.79 Å². The van der Waals surface area contributed by atoms with E-state index in [1.54, 1.807) is 0 Å². The highest BCUT2D eigenvalue weighted by atomic mass is 79.9. The summed E-state index contributed by atoms with van der Waals surface area (Å²) in [7, 11) is 0. The van der Waals surface area contributed by atoms with Crippen molar-refractivity contribution in [1.29, 1.82) is 0 Å². The molecule has 0 fully saturated rings. The van der Waals surface area contributed by atoms with Gasteiger partial charge in [-0.3, -0.25) is 4.79 Å². The van der Waals surface area contributed by atoms with Crippen molar-refractivity contribution in [2.24, 2.45) is 0 Å². The number of alkyl halides is 1. The van der Waals surface area contributed by atoms with E-state index < -0.39 is 0 Å². The molecular formula is C13H18BrNO. The molecule has 16 heavy (non-hydrogen) atoms. The van der Waals surface area contributed by atoms with Gasteiger partial charge >= 0.3 is 0 Å². The minimum absolute atomic E-state index is 0.113. The number of carbonyl (C=O) groups excluding carboxylic acids is 1. The highest BCUT2D eigenvalue weighted by molar-refractivity contribution is 9.09. The Morgan fingerprint density at radius 3 is 2.75 bits per heavy atom. The number of hydrogen-bond donors (Lipinski definition) is 1. The molecule has 0 spiro atoms. The third-order valence-corrected chi connectivity index (χ3v) is 2.93. The lowest BCUT2D eigenvalue weighted by molar-refractivity contribution is -0.120. The molecule has 2 nitrogen and oxygen atoms in total. The molecule has 0 aliphatic rings. The first-order valence-corrected chi connectivity index (χ1v) is 6.64. The van der Waals surface area contributed by atoms with Gasteiger partial charge in [0.1, 0.15) is 0 Å². The van der Waals surface area contributed by atoms with E-state index in [4.69, 9.17) is 0 Å². The SMILES string of the molecule is Cc1ccc(CCNC(=O)CCBr)c(C)c1. The molecule has 1 amide bonds. The van der Waals surface area contributed by atoms with Crippen molar-refractivity contribution in [1.82, 2.24) is 5.32 Å². The molecule has 1 rings (SSSR count). The van der Waals surface area contributed by atoms with Crippen LogP contribution in [0.5, 0.6) is 0 Å². The maximum atomic E-state index is 11.2. The Morgan fingerprint density at radius 2 is 2.12 bits per heavy atom. The van der Waals surface area contributed by atoms with Crippen molar-refractivity contribution in [3.8, 4) is 0 Å². The zero-order valence-electron chi connectivity index (χ0n) is 9.85. The second-order valence-electron chi connectivity index (χ2n) is 3.97. The standard InChI is InChI=1S/C13H18BrNO/c1-10-3-4-12(11(2)9-10)6-8-15-13(16)5-7-14/h3-4,9H,5-8H2,1-2H3,(H,15,16). The maximum Gasteiger partial charge on any atom is 0.220 e. The smallest absolute Gasteiger partial charge is 0.220 e. The summed E-state index contributed by atoms with van der Waals surface area (Å²) in [5.41, 5.74) is 3.89. The number of hydrogen-bond acceptors (Lipinski definition) is 1. The summed E-state index contributed by atoms with van der Waals surface area (Å²) in [5, 5.41) is 3.63. The topological polar surface area (TPSA) is 29.1 Å². The van der Waals surface area contributed by atoms with Gasteiger partial charge in [-0.2, -0.15) is 0 Å². The van der Waals surface area contributed by atoms with Crippen LogP contribution in [0.25, 0.3) is 0 Å². The molecule has 88 valence electrons. The van der Waals surface area contributed by atoms with Crippen LogP contribution in [0.3, 0.4) is 0 Å². The molecule has 0 unspecified atom stereocenters. The normalized spacial score (nSPS) is 10.2. The molecule has 0 bridgehead atoms. The van der Waals surface area contributed by atoms with Gasteiger partial charge in [-0.25, -0.2) is 0 Å². The average Bonchev–Trinajstić information content (AvgIpc) is 2.22. The first kappa shape index (κ1) is 13.2. The number of amides is 1. The predicted molar refractivity (Wildman–Crippen MR) is 71.0 cm³/mol. The molecule has 1 N–H and O–H groups in total. The molecule has 3 heteroatoms. The number of aryl methyl sites for hydroxylation is 2. The Hall–Kier alpha value is -0.830. The van der Waals surface area contributed by atoms with Gasteiger partial charge < -0.3 is 5.32 Å². The largest absolute Gasteiger partial charge is 0.356 e. The summed E-state index contributed by atoms with van der Waals surface area (Å²) in [6.45, 7) is 4.92. The van der Waals surface area contributed by atoms with Crippen LogP contribution in [0.15, 0.2) is 18.2 Å². The summed E-state index contributed by atoms with van der Waals surface area (Å²) < 4.78 is 0. The van der Waals surface area contributed by atoms with E-state index in [-0.39, 0.29) is 5.91 Å². The van der Waals surface area contributed by atoms with Crippen molar-refractivity contribution in [3.05, 3.63) is 34.9 Å². The van der Waals surface area contributed by atoms with Gasteiger partial charge in [0.05, 0.1) is 0 Å². The van der Waals surface area contributed by atoms with Crippen LogP contribution in [-0.4, -0.2) is 17.8 Å². The second-order valence-corrected chi connectivity index (χ2v) is 4.76. The van der Waals surface area contributed by atoms with Gasteiger partial charge in [-0.15, -0.1) is 0 Å². The van der Waals surface area contributed by atoms with Gasteiger partial charge in [-0.1, -0.05) is 39.7 Å². The third-order valence-electron chi connectivity index (χ3n) is 2.54. The van der Waals surface area contributed by atoms with E-state index in [2.05, 4.69) is 53.3 Å². The van der Waals surface area contributed by atoms with Crippen LogP contribution < -0.4 is 5.32 Å². The minimum atomic E-state index is 0.113. The first-order chi connectivity index (χ1) is 7.63. The van der Waals surface area contributed by atoms with Crippen LogP contribution in [0.1, 0.15) is 23.1 Å². The van der Waals surface area contributed by atoms with E-state index in [0.29, 0.717) is 6.42 Å². The molecule has 0 aliphatic carbocycles. The van der Waals surface area contributed by atoms with E-state index in [9.17, 15) is 4.79 Å². The lowest BCUT2D eigenvalue weighted by Crippen LogP contribution is -2.25. The van der Waals surface area contributed by atoms with Crippen molar-refractivity contribution >= 4 is 21.8 Å². The lowest BCUT2D eigenvalue weighted by atomic mass is 10.0. The van der Waals surface area contributed by atoms with Gasteiger partial charge in [0, 0.05) is 18.3 Å². The van der Waals surface area contributed by atoms with Crippen LogP contribution in [0.2, 0.25) is 0 Å². The van der Waals surface area contributed by atoms with Crippen LogP contribution in [0.4, 0.5) is 0 Å². The van der Waals surface area contributed by atoms with Crippen molar-refractivity contribution in [3.63, 3.8) is 0 Å². The summed E-state index contributed by atoms with van der Waals surface area (Å²) in [6.07, 6.45) is 1.45. The molecular weight excluding hydrogens is 266 g/mol. The number of rotatable bonds is 5. The summed E-state index contributed by atoms with van der Waals surface area (Å²) in [4.78, 5) is 11.2. The fraction of sp³-hybridized carbons (Fsp3) is 0.462. The van der Waals surface area contributed by atoms with E-state index in [1.165, 1.54) is 16.7 Å². The van der Waals surface area contributed by atoms with Crippen LogP contribution >= 0.6 is 15.9 Å². The zero-order chi connectivity index (χ0) is 12.0. The first-order valence-electron chi connectivity index (χ1n) is 5.52. The molecule has 0 aromatic heterocycles. The molecule has 0 saturated heterocycles. The summed E-state index contributed by atoms with van der Waals surface area (Å²) >= 11 is 3.25. The minimum Gasteiger partial charge on any atom is -0.356 e. The highest BCUT2D eigenvalue weighted by Crippen LogP contribution is 2.10. The number of halogens is 1. The van der Waals surface area contributed by atoms with Gasteiger partial charge in [0.25, 0.3) is 0 Å². The maximum absolute atomic E-state index is 11.2. The zero-order valence-corrected chi connectivity index (χ0v) is 11.4. The molecule has 0 atom stereocenters. The molecule has 1 aromatic rings. The number of nitrogens with one attached hydrogen (secondary N) is 1. The van der Waals surface area contributed by atoms with Crippen LogP contribution in [0, 0.1) is 13.8 Å². The van der Waals surface area contributed by atoms with E-state index >= 15 is 0 Å². The van der Waals surface area contributed by atoms with Gasteiger partial charge in [-0.05, 0) is 31.4 Å². The molecule has 0 saturated carbocycles. The van der Waals surface area contributed by atoms with Crippen LogP contribution in [-0.2, 0) is 11.2 Å². The molecule has 0 radical (unpaired) electrons. The molecule has 0 heterocycles. The molecule has 1 aromatic carbocycles. The Kier molecular flexibility index (Phi) is 5.53. The second kappa shape index (κ2) is 6.69. The highest BCUT2D eigenvalue weighted by Gasteiger charge is 2.01. The lowest BCUT2D eigenvalue weighted by Gasteiger charge is -2.07. The van der Waals surface area contributed by atoms with Crippen molar-refractivity contribution in [2.45, 2.75) is 26.7 Å². The Morgan fingerprint density at radius 1 is 1.38 bits per heavy atom. The third kappa shape index (κ3) is 4.35. The monoisotopic (exact) mass is 283 g/mol. The Bertz CT molecular complexity index is 363. The van der Waals surface area contributed by atoms with E-state index in [0.717, 1.165) is 18.3 Å².